The number of benzene rings is 2. The third-order valence-electron chi connectivity index (χ3n) is 4.77. The van der Waals surface area contributed by atoms with E-state index in [0.717, 1.165) is 0 Å². The average Bonchev–Trinajstić information content (AvgIpc) is 3.23. The highest BCUT2D eigenvalue weighted by Gasteiger charge is 2.43. The summed E-state index contributed by atoms with van der Waals surface area (Å²) >= 11 is 0. The van der Waals surface area contributed by atoms with E-state index in [9.17, 15) is 0 Å². The molecule has 1 aliphatic rings. The van der Waals surface area contributed by atoms with Crippen LogP contribution < -0.4 is 5.73 Å². The van der Waals surface area contributed by atoms with E-state index in [-0.39, 0.29) is 6.04 Å². The van der Waals surface area contributed by atoms with Crippen LogP contribution in [0.15, 0.2) is 42.5 Å². The monoisotopic (exact) mass is 265 g/mol. The molecule has 3 atom stereocenters. The van der Waals surface area contributed by atoms with E-state index >= 15 is 0 Å². The Morgan fingerprint density at radius 2 is 1.60 bits per heavy atom. The molecular weight excluding hydrogens is 242 g/mol. The van der Waals surface area contributed by atoms with E-state index in [1.54, 1.807) is 0 Å². The van der Waals surface area contributed by atoms with Crippen molar-refractivity contribution in [2.75, 3.05) is 0 Å². The molecule has 3 unspecified atom stereocenters. The summed E-state index contributed by atoms with van der Waals surface area (Å²) in [5.74, 6) is 1.24. The molecule has 2 N–H and O–H groups in total. The van der Waals surface area contributed by atoms with Crippen LogP contribution in [0.3, 0.4) is 0 Å². The van der Waals surface area contributed by atoms with Gasteiger partial charge < -0.3 is 5.73 Å². The van der Waals surface area contributed by atoms with Crippen molar-refractivity contribution in [2.24, 2.45) is 11.7 Å². The van der Waals surface area contributed by atoms with Crippen molar-refractivity contribution in [3.05, 3.63) is 70.3 Å². The fourth-order valence-electron chi connectivity index (χ4n) is 3.27. The maximum Gasteiger partial charge on any atom is 0.0332 e. The number of nitrogens with two attached hydrogens (primary N) is 1. The average molecular weight is 265 g/mol. The van der Waals surface area contributed by atoms with Crippen molar-refractivity contribution < 1.29 is 0 Å². The zero-order valence-corrected chi connectivity index (χ0v) is 12.6. The third kappa shape index (κ3) is 2.38. The predicted octanol–water partition coefficient (Wildman–Crippen LogP) is 4.42. The Bertz CT molecular complexity index is 615. The highest BCUT2D eigenvalue weighted by atomic mass is 14.7. The first-order chi connectivity index (χ1) is 9.58. The first-order valence-corrected chi connectivity index (χ1v) is 7.46. The molecule has 20 heavy (non-hydrogen) atoms. The molecule has 1 nitrogen and oxygen atoms in total. The highest BCUT2D eigenvalue weighted by molar-refractivity contribution is 5.40. The smallest absolute Gasteiger partial charge is 0.0332 e. The Balaban J connectivity index is 1.82. The summed E-state index contributed by atoms with van der Waals surface area (Å²) in [5, 5.41) is 0. The zero-order valence-electron chi connectivity index (χ0n) is 12.6. The molecule has 0 saturated heterocycles. The van der Waals surface area contributed by atoms with Crippen molar-refractivity contribution in [3.8, 4) is 0 Å². The van der Waals surface area contributed by atoms with Crippen LogP contribution in [0, 0.1) is 26.7 Å². The molecule has 2 aromatic carbocycles. The Hall–Kier alpha value is -1.60. The quantitative estimate of drug-likeness (QED) is 0.873. The maximum atomic E-state index is 6.55. The van der Waals surface area contributed by atoms with Gasteiger partial charge in [-0.3, -0.25) is 0 Å². The second-order valence-electron chi connectivity index (χ2n) is 6.24. The number of rotatable bonds is 3. The Labute approximate surface area is 121 Å². The largest absolute Gasteiger partial charge is 0.324 e. The molecule has 0 aromatic heterocycles. The molecule has 1 aliphatic carbocycles. The van der Waals surface area contributed by atoms with Gasteiger partial charge in [0.15, 0.2) is 0 Å². The molecule has 2 aromatic rings. The van der Waals surface area contributed by atoms with Crippen LogP contribution >= 0.6 is 0 Å². The minimum atomic E-state index is 0.166. The number of hydrogen-bond donors (Lipinski definition) is 1. The second-order valence-corrected chi connectivity index (χ2v) is 6.24. The molecule has 0 radical (unpaired) electrons. The van der Waals surface area contributed by atoms with Gasteiger partial charge in [-0.15, -0.1) is 0 Å². The van der Waals surface area contributed by atoms with Crippen molar-refractivity contribution in [3.63, 3.8) is 0 Å². The van der Waals surface area contributed by atoms with Crippen LogP contribution in [0.25, 0.3) is 0 Å². The minimum absolute atomic E-state index is 0.166. The van der Waals surface area contributed by atoms with Gasteiger partial charge in [0.2, 0.25) is 0 Å². The lowest BCUT2D eigenvalue weighted by molar-refractivity contribution is 0.612. The SMILES string of the molecule is Cc1cc(C)c(C(N)C2CC2c2ccccc2)cc1C. The van der Waals surface area contributed by atoms with Crippen LogP contribution in [0.4, 0.5) is 0 Å². The van der Waals surface area contributed by atoms with Gasteiger partial charge in [0.05, 0.1) is 0 Å². The number of hydrogen-bond acceptors (Lipinski definition) is 1. The lowest BCUT2D eigenvalue weighted by Gasteiger charge is -2.17. The molecule has 104 valence electrons. The van der Waals surface area contributed by atoms with Crippen LogP contribution in [-0.2, 0) is 0 Å². The number of aryl methyl sites for hydroxylation is 3. The summed E-state index contributed by atoms with van der Waals surface area (Å²) < 4.78 is 0. The van der Waals surface area contributed by atoms with E-state index in [1.165, 1.54) is 34.2 Å². The van der Waals surface area contributed by atoms with Crippen LogP contribution in [0.1, 0.15) is 46.2 Å². The standard InChI is InChI=1S/C19H23N/c1-12-9-14(3)16(10-13(12)2)19(20)18-11-17(18)15-7-5-4-6-8-15/h4-10,17-19H,11,20H2,1-3H3. The molecule has 0 amide bonds. The Kier molecular flexibility index (Phi) is 3.39. The lowest BCUT2D eigenvalue weighted by atomic mass is 9.92. The van der Waals surface area contributed by atoms with E-state index in [1.807, 2.05) is 0 Å². The van der Waals surface area contributed by atoms with Crippen molar-refractivity contribution in [1.29, 1.82) is 0 Å². The Morgan fingerprint density at radius 1 is 0.950 bits per heavy atom. The Morgan fingerprint density at radius 3 is 2.30 bits per heavy atom. The van der Waals surface area contributed by atoms with E-state index in [0.29, 0.717) is 11.8 Å². The van der Waals surface area contributed by atoms with Gasteiger partial charge in [0, 0.05) is 6.04 Å². The lowest BCUT2D eigenvalue weighted by Crippen LogP contribution is -2.15. The summed E-state index contributed by atoms with van der Waals surface area (Å²) in [4.78, 5) is 0. The molecular formula is C19H23N. The summed E-state index contributed by atoms with van der Waals surface area (Å²) in [6.07, 6.45) is 1.22. The van der Waals surface area contributed by atoms with Gasteiger partial charge in [0.1, 0.15) is 0 Å². The van der Waals surface area contributed by atoms with Crippen molar-refractivity contribution in [2.45, 2.75) is 39.2 Å². The van der Waals surface area contributed by atoms with Crippen LogP contribution in [-0.4, -0.2) is 0 Å². The third-order valence-corrected chi connectivity index (χ3v) is 4.77. The normalized spacial score (nSPS) is 22.6. The summed E-state index contributed by atoms with van der Waals surface area (Å²) in [6, 6.07) is 15.5. The van der Waals surface area contributed by atoms with Gasteiger partial charge in [-0.1, -0.05) is 42.5 Å². The molecule has 0 heterocycles. The van der Waals surface area contributed by atoms with E-state index in [2.05, 4.69) is 63.2 Å². The van der Waals surface area contributed by atoms with Gasteiger partial charge in [0.25, 0.3) is 0 Å². The van der Waals surface area contributed by atoms with Gasteiger partial charge >= 0.3 is 0 Å². The summed E-state index contributed by atoms with van der Waals surface area (Å²) in [7, 11) is 0. The first-order valence-electron chi connectivity index (χ1n) is 7.46. The molecule has 0 aliphatic heterocycles. The van der Waals surface area contributed by atoms with Crippen molar-refractivity contribution in [1.82, 2.24) is 0 Å². The summed E-state index contributed by atoms with van der Waals surface area (Å²) in [5.41, 5.74) is 13.4. The summed E-state index contributed by atoms with van der Waals surface area (Å²) in [6.45, 7) is 6.52. The fourth-order valence-corrected chi connectivity index (χ4v) is 3.27. The molecule has 3 rings (SSSR count). The van der Waals surface area contributed by atoms with Gasteiger partial charge in [-0.2, -0.15) is 0 Å². The highest BCUT2D eigenvalue weighted by Crippen LogP contribution is 2.53. The molecule has 1 heteroatoms. The van der Waals surface area contributed by atoms with Crippen molar-refractivity contribution >= 4 is 0 Å². The molecule has 1 saturated carbocycles. The van der Waals surface area contributed by atoms with E-state index in [4.69, 9.17) is 5.73 Å². The predicted molar refractivity (Wildman–Crippen MR) is 84.9 cm³/mol. The topological polar surface area (TPSA) is 26.0 Å². The molecule has 0 bridgehead atoms. The first kappa shape index (κ1) is 13.4. The maximum absolute atomic E-state index is 6.55. The molecule has 1 fully saturated rings. The molecule has 0 spiro atoms. The van der Waals surface area contributed by atoms with Gasteiger partial charge in [-0.25, -0.2) is 0 Å². The van der Waals surface area contributed by atoms with E-state index < -0.39 is 0 Å². The minimum Gasteiger partial charge on any atom is -0.324 e. The van der Waals surface area contributed by atoms with Crippen LogP contribution in [0.2, 0.25) is 0 Å². The van der Waals surface area contributed by atoms with Gasteiger partial charge in [-0.05, 0) is 66.8 Å². The fraction of sp³-hybridized carbons (Fsp3) is 0.368. The second kappa shape index (κ2) is 5.06. The van der Waals surface area contributed by atoms with Crippen LogP contribution in [0.5, 0.6) is 0 Å². The zero-order chi connectivity index (χ0) is 14.3.